The SMILES string of the molecule is COc1ccccc1N1C(=O)CC(Nc2ccc([N+](=O)[O-])cc2)C1=O. The van der Waals surface area contributed by atoms with Crippen molar-refractivity contribution < 1.29 is 19.2 Å². The van der Waals surface area contributed by atoms with Gasteiger partial charge in [0.15, 0.2) is 0 Å². The van der Waals surface area contributed by atoms with Crippen LogP contribution in [0.15, 0.2) is 48.5 Å². The number of benzene rings is 2. The largest absolute Gasteiger partial charge is 0.495 e. The van der Waals surface area contributed by atoms with Gasteiger partial charge in [0.05, 0.1) is 24.1 Å². The van der Waals surface area contributed by atoms with Crippen molar-refractivity contribution in [1.29, 1.82) is 0 Å². The van der Waals surface area contributed by atoms with E-state index < -0.39 is 16.9 Å². The van der Waals surface area contributed by atoms with Gasteiger partial charge in [-0.05, 0) is 24.3 Å². The summed E-state index contributed by atoms with van der Waals surface area (Å²) in [6.45, 7) is 0. The molecule has 0 aliphatic carbocycles. The summed E-state index contributed by atoms with van der Waals surface area (Å²) in [4.78, 5) is 36.2. The molecule has 2 amide bonds. The average Bonchev–Trinajstić information content (AvgIpc) is 2.89. The number of carbonyl (C=O) groups is 2. The van der Waals surface area contributed by atoms with Crippen molar-refractivity contribution in [3.8, 4) is 5.75 Å². The molecular weight excluding hydrogens is 326 g/mol. The van der Waals surface area contributed by atoms with Gasteiger partial charge >= 0.3 is 0 Å². The average molecular weight is 341 g/mol. The number of methoxy groups -OCH3 is 1. The normalized spacial score (nSPS) is 16.8. The van der Waals surface area contributed by atoms with Crippen molar-refractivity contribution in [2.75, 3.05) is 17.3 Å². The van der Waals surface area contributed by atoms with Crippen LogP contribution in [0.25, 0.3) is 0 Å². The molecule has 2 aromatic carbocycles. The van der Waals surface area contributed by atoms with Crippen LogP contribution in [0.1, 0.15) is 6.42 Å². The molecule has 2 aromatic rings. The fourth-order valence-corrected chi connectivity index (χ4v) is 2.69. The van der Waals surface area contributed by atoms with Crippen molar-refractivity contribution in [1.82, 2.24) is 0 Å². The van der Waals surface area contributed by atoms with E-state index in [4.69, 9.17) is 4.74 Å². The molecule has 0 bridgehead atoms. The van der Waals surface area contributed by atoms with Gasteiger partial charge in [-0.1, -0.05) is 12.1 Å². The minimum Gasteiger partial charge on any atom is -0.495 e. The summed E-state index contributed by atoms with van der Waals surface area (Å²) < 4.78 is 5.21. The number of non-ortho nitro benzene ring substituents is 1. The van der Waals surface area contributed by atoms with Crippen LogP contribution < -0.4 is 15.0 Å². The number of imide groups is 1. The molecule has 128 valence electrons. The quantitative estimate of drug-likeness (QED) is 0.509. The lowest BCUT2D eigenvalue weighted by Gasteiger charge is -2.18. The molecule has 8 heteroatoms. The summed E-state index contributed by atoms with van der Waals surface area (Å²) in [5.74, 6) is -0.304. The molecule has 3 rings (SSSR count). The Labute approximate surface area is 143 Å². The molecule has 8 nitrogen and oxygen atoms in total. The van der Waals surface area contributed by atoms with Crippen LogP contribution in [0.2, 0.25) is 0 Å². The molecule has 1 unspecified atom stereocenters. The number of amides is 2. The molecule has 0 spiro atoms. The number of hydrogen-bond donors (Lipinski definition) is 1. The minimum atomic E-state index is -0.737. The van der Waals surface area contributed by atoms with E-state index in [-0.39, 0.29) is 18.0 Å². The second-order valence-corrected chi connectivity index (χ2v) is 5.44. The van der Waals surface area contributed by atoms with Gasteiger partial charge in [-0.3, -0.25) is 19.7 Å². The fraction of sp³-hybridized carbons (Fsp3) is 0.176. The number of nitro benzene ring substituents is 1. The number of nitrogens with one attached hydrogen (secondary N) is 1. The summed E-state index contributed by atoms with van der Waals surface area (Å²) in [5.41, 5.74) is 0.877. The standard InChI is InChI=1S/C17H15N3O5/c1-25-15-5-3-2-4-14(15)19-16(21)10-13(17(19)22)18-11-6-8-12(9-7-11)20(23)24/h2-9,13,18H,10H2,1H3. The van der Waals surface area contributed by atoms with E-state index in [1.54, 1.807) is 24.3 Å². The smallest absolute Gasteiger partial charge is 0.269 e. The lowest BCUT2D eigenvalue weighted by molar-refractivity contribution is -0.384. The molecule has 1 atom stereocenters. The highest BCUT2D eigenvalue weighted by Gasteiger charge is 2.40. The molecule has 25 heavy (non-hydrogen) atoms. The molecule has 0 aromatic heterocycles. The zero-order valence-corrected chi connectivity index (χ0v) is 13.3. The van der Waals surface area contributed by atoms with E-state index in [0.29, 0.717) is 17.1 Å². The van der Waals surface area contributed by atoms with Crippen LogP contribution in [-0.2, 0) is 9.59 Å². The van der Waals surface area contributed by atoms with Gasteiger partial charge in [-0.25, -0.2) is 4.90 Å². The zero-order valence-electron chi connectivity index (χ0n) is 13.3. The van der Waals surface area contributed by atoms with Crippen molar-refractivity contribution in [3.63, 3.8) is 0 Å². The fourth-order valence-electron chi connectivity index (χ4n) is 2.69. The Balaban J connectivity index is 1.80. The Morgan fingerprint density at radius 3 is 2.48 bits per heavy atom. The van der Waals surface area contributed by atoms with E-state index in [1.807, 2.05) is 0 Å². The zero-order chi connectivity index (χ0) is 18.0. The number of para-hydroxylation sites is 2. The van der Waals surface area contributed by atoms with Crippen LogP contribution >= 0.6 is 0 Å². The highest BCUT2D eigenvalue weighted by atomic mass is 16.6. The lowest BCUT2D eigenvalue weighted by Crippen LogP contribution is -2.35. The van der Waals surface area contributed by atoms with E-state index >= 15 is 0 Å². The van der Waals surface area contributed by atoms with Gasteiger partial charge in [-0.15, -0.1) is 0 Å². The first-order valence-corrected chi connectivity index (χ1v) is 7.52. The predicted molar refractivity (Wildman–Crippen MR) is 90.6 cm³/mol. The third-order valence-corrected chi connectivity index (χ3v) is 3.89. The van der Waals surface area contributed by atoms with Crippen LogP contribution in [-0.4, -0.2) is 29.9 Å². The summed E-state index contributed by atoms with van der Waals surface area (Å²) in [5, 5.41) is 13.6. The molecule has 0 radical (unpaired) electrons. The molecule has 1 aliphatic heterocycles. The molecular formula is C17H15N3O5. The summed E-state index contributed by atoms with van der Waals surface area (Å²) in [7, 11) is 1.47. The first-order valence-electron chi connectivity index (χ1n) is 7.52. The van der Waals surface area contributed by atoms with E-state index in [0.717, 1.165) is 4.90 Å². The predicted octanol–water partition coefficient (Wildman–Crippen LogP) is 2.35. The Morgan fingerprint density at radius 2 is 1.84 bits per heavy atom. The van der Waals surface area contributed by atoms with E-state index in [1.165, 1.54) is 31.4 Å². The van der Waals surface area contributed by atoms with Gasteiger partial charge < -0.3 is 10.1 Å². The number of rotatable bonds is 5. The Bertz CT molecular complexity index is 834. The third kappa shape index (κ3) is 3.14. The molecule has 1 aliphatic rings. The maximum atomic E-state index is 12.6. The van der Waals surface area contributed by atoms with Crippen molar-refractivity contribution in [3.05, 3.63) is 58.6 Å². The van der Waals surface area contributed by atoms with E-state index in [9.17, 15) is 19.7 Å². The highest BCUT2D eigenvalue weighted by Crippen LogP contribution is 2.32. The molecule has 0 saturated carbocycles. The van der Waals surface area contributed by atoms with Crippen LogP contribution in [0.3, 0.4) is 0 Å². The maximum Gasteiger partial charge on any atom is 0.269 e. The molecule has 1 saturated heterocycles. The number of ether oxygens (including phenoxy) is 1. The Kier molecular flexibility index (Phi) is 4.34. The van der Waals surface area contributed by atoms with Gasteiger partial charge in [0, 0.05) is 17.8 Å². The van der Waals surface area contributed by atoms with Gasteiger partial charge in [0.25, 0.3) is 11.6 Å². The van der Waals surface area contributed by atoms with Gasteiger partial charge in [0.2, 0.25) is 5.91 Å². The van der Waals surface area contributed by atoms with Gasteiger partial charge in [-0.2, -0.15) is 0 Å². The second-order valence-electron chi connectivity index (χ2n) is 5.44. The topological polar surface area (TPSA) is 102 Å². The van der Waals surface area contributed by atoms with E-state index in [2.05, 4.69) is 5.32 Å². The van der Waals surface area contributed by atoms with Crippen LogP contribution in [0.4, 0.5) is 17.1 Å². The van der Waals surface area contributed by atoms with Crippen LogP contribution in [0, 0.1) is 10.1 Å². The molecule has 1 fully saturated rings. The van der Waals surface area contributed by atoms with Crippen LogP contribution in [0.5, 0.6) is 5.75 Å². The Morgan fingerprint density at radius 1 is 1.16 bits per heavy atom. The first kappa shape index (κ1) is 16.4. The first-order chi connectivity index (χ1) is 12.0. The third-order valence-electron chi connectivity index (χ3n) is 3.89. The molecule has 1 heterocycles. The highest BCUT2D eigenvalue weighted by molar-refractivity contribution is 6.23. The van der Waals surface area contributed by atoms with Crippen molar-refractivity contribution >= 4 is 28.9 Å². The summed E-state index contributed by atoms with van der Waals surface area (Å²) in [6, 6.07) is 11.7. The van der Waals surface area contributed by atoms with Crippen molar-refractivity contribution in [2.24, 2.45) is 0 Å². The minimum absolute atomic E-state index is 0.00608. The summed E-state index contributed by atoms with van der Waals surface area (Å²) >= 11 is 0. The monoisotopic (exact) mass is 341 g/mol. The number of anilines is 2. The Hall–Kier alpha value is -3.42. The molecule has 1 N–H and O–H groups in total. The number of hydrogen-bond acceptors (Lipinski definition) is 6. The second kappa shape index (κ2) is 6.60. The number of nitrogens with zero attached hydrogens (tertiary/aromatic N) is 2. The maximum absolute atomic E-state index is 12.6. The summed E-state index contributed by atoms with van der Waals surface area (Å²) in [6.07, 6.45) is -0.00608. The van der Waals surface area contributed by atoms with Gasteiger partial charge in [0.1, 0.15) is 11.8 Å². The van der Waals surface area contributed by atoms with Crippen molar-refractivity contribution in [2.45, 2.75) is 12.5 Å². The number of nitro groups is 1. The number of carbonyl (C=O) groups excluding carboxylic acids is 2. The lowest BCUT2D eigenvalue weighted by atomic mass is 10.2.